The first kappa shape index (κ1) is 35.1. The Hall–Kier alpha value is -4.34. The van der Waals surface area contributed by atoms with Gasteiger partial charge in [-0.3, -0.25) is 19.3 Å². The van der Waals surface area contributed by atoms with E-state index in [2.05, 4.69) is 10.2 Å². The lowest BCUT2D eigenvalue weighted by molar-refractivity contribution is -0.134. The van der Waals surface area contributed by atoms with Crippen LogP contribution >= 0.6 is 11.6 Å². The van der Waals surface area contributed by atoms with Crippen LogP contribution in [0, 0.1) is 5.41 Å². The Morgan fingerprint density at radius 3 is 2.37 bits per heavy atom. The van der Waals surface area contributed by atoms with Crippen molar-refractivity contribution in [3.63, 3.8) is 0 Å². The number of hydrogen-bond donors (Lipinski definition) is 2. The molecule has 9 nitrogen and oxygen atoms in total. The number of amides is 2. The number of benzene rings is 3. The number of para-hydroxylation sites is 1. The molecule has 7 rings (SSSR count). The van der Waals surface area contributed by atoms with Crippen LogP contribution in [-0.2, 0) is 21.0 Å². The Kier molecular flexibility index (Phi) is 10.1. The van der Waals surface area contributed by atoms with Gasteiger partial charge in [0.2, 0.25) is 11.8 Å². The second-order valence-corrected chi connectivity index (χ2v) is 15.5. The summed E-state index contributed by atoms with van der Waals surface area (Å²) in [6, 6.07) is 19.8. The van der Waals surface area contributed by atoms with E-state index >= 15 is 0 Å². The number of nitrogens with zero attached hydrogens (tertiary/aromatic N) is 3. The van der Waals surface area contributed by atoms with Gasteiger partial charge < -0.3 is 25.0 Å². The topological polar surface area (TPSA) is 102 Å². The number of ketones is 1. The number of fused-ring (bicyclic) bond motifs is 1. The van der Waals surface area contributed by atoms with Crippen LogP contribution in [0.5, 0.6) is 11.5 Å². The van der Waals surface area contributed by atoms with E-state index in [1.54, 1.807) is 35.2 Å². The van der Waals surface area contributed by atoms with E-state index in [0.29, 0.717) is 71.1 Å². The second kappa shape index (κ2) is 14.7. The number of aromatic hydroxyl groups is 1. The van der Waals surface area contributed by atoms with E-state index in [1.807, 2.05) is 55.1 Å². The molecule has 10 heteroatoms. The zero-order chi connectivity index (χ0) is 35.7. The molecule has 2 saturated heterocycles. The molecule has 0 saturated carbocycles. The minimum atomic E-state index is -0.895. The lowest BCUT2D eigenvalue weighted by Crippen LogP contribution is -2.46. The number of hydrogen-bond acceptors (Lipinski definition) is 7. The Bertz CT molecular complexity index is 1830. The first-order chi connectivity index (χ1) is 24.6. The number of ether oxygens (including phenoxy) is 1. The van der Waals surface area contributed by atoms with Gasteiger partial charge in [-0.2, -0.15) is 0 Å². The smallest absolute Gasteiger partial charge is 0.228 e. The number of rotatable bonds is 8. The fourth-order valence-electron chi connectivity index (χ4n) is 8.25. The molecule has 268 valence electrons. The predicted molar refractivity (Wildman–Crippen MR) is 199 cm³/mol. The quantitative estimate of drug-likeness (QED) is 0.232. The highest BCUT2D eigenvalue weighted by molar-refractivity contribution is 6.31. The maximum atomic E-state index is 14.6. The van der Waals surface area contributed by atoms with Crippen LogP contribution < -0.4 is 15.0 Å². The van der Waals surface area contributed by atoms with Crippen LogP contribution in [0.15, 0.2) is 78.0 Å². The highest BCUT2D eigenvalue weighted by Crippen LogP contribution is 2.51. The minimum Gasteiger partial charge on any atom is -0.506 e. The number of phenols is 1. The molecule has 0 aromatic heterocycles. The largest absolute Gasteiger partial charge is 0.506 e. The van der Waals surface area contributed by atoms with Crippen molar-refractivity contribution in [2.45, 2.75) is 83.9 Å². The maximum absolute atomic E-state index is 14.6. The molecule has 1 unspecified atom stereocenters. The van der Waals surface area contributed by atoms with Crippen LogP contribution in [-0.4, -0.2) is 64.7 Å². The van der Waals surface area contributed by atoms with Crippen molar-refractivity contribution < 1.29 is 24.2 Å². The summed E-state index contributed by atoms with van der Waals surface area (Å²) in [5, 5.41) is 14.9. The molecule has 3 aliphatic heterocycles. The lowest BCUT2D eigenvalue weighted by Gasteiger charge is -2.38. The van der Waals surface area contributed by atoms with Gasteiger partial charge in [0.15, 0.2) is 5.78 Å². The summed E-state index contributed by atoms with van der Waals surface area (Å²) >= 11 is 7.06. The molecule has 0 bridgehead atoms. The van der Waals surface area contributed by atoms with Gasteiger partial charge in [0.05, 0.1) is 11.7 Å². The van der Waals surface area contributed by atoms with Crippen molar-refractivity contribution in [3.8, 4) is 11.5 Å². The number of Topliss-reactive ketones (excluding diaryl/α,β-unsaturated/α-hetero) is 1. The van der Waals surface area contributed by atoms with Crippen molar-refractivity contribution in [1.29, 1.82) is 0 Å². The standard InChI is InChI=1S/C41H47ClN4O5/c1-41(2)24-32-38(35(48)25-41)40(30-14-13-29(23-31(30)42)51-26-27-9-4-3-5-10-27)46(33-11-8-12-34(47)39(33)43-32)37(50)16-15-36(49)45-21-17-28(18-22-45)44-19-6-7-20-44/h3-5,8-14,23,28,40,43,47H,6-7,15-22,24-26H2,1-2H3. The molecule has 2 N–H and O–H groups in total. The molecule has 51 heavy (non-hydrogen) atoms. The van der Waals surface area contributed by atoms with E-state index in [4.69, 9.17) is 16.3 Å². The molecular weight excluding hydrogens is 664 g/mol. The molecule has 0 radical (unpaired) electrons. The van der Waals surface area contributed by atoms with Gasteiger partial charge in [-0.05, 0) is 86.0 Å². The number of allylic oxidation sites excluding steroid dienone is 1. The number of carbonyl (C=O) groups is 3. The molecule has 1 aliphatic carbocycles. The minimum absolute atomic E-state index is 0.0404. The average Bonchev–Trinajstić information content (AvgIpc) is 3.61. The van der Waals surface area contributed by atoms with Crippen LogP contribution in [0.25, 0.3) is 0 Å². The molecular formula is C41H47ClN4O5. The maximum Gasteiger partial charge on any atom is 0.228 e. The molecule has 2 fully saturated rings. The molecule has 3 aromatic rings. The van der Waals surface area contributed by atoms with Crippen molar-refractivity contribution in [2.75, 3.05) is 36.4 Å². The van der Waals surface area contributed by atoms with E-state index in [-0.39, 0.29) is 48.0 Å². The van der Waals surface area contributed by atoms with Crippen LogP contribution in [0.4, 0.5) is 11.4 Å². The van der Waals surface area contributed by atoms with Crippen LogP contribution in [0.1, 0.15) is 82.4 Å². The van der Waals surface area contributed by atoms with Gasteiger partial charge >= 0.3 is 0 Å². The summed E-state index contributed by atoms with van der Waals surface area (Å²) in [7, 11) is 0. The predicted octanol–water partition coefficient (Wildman–Crippen LogP) is 7.63. The highest BCUT2D eigenvalue weighted by atomic mass is 35.5. The molecule has 3 aromatic carbocycles. The molecule has 2 amide bonds. The first-order valence-corrected chi connectivity index (χ1v) is 18.6. The lowest BCUT2D eigenvalue weighted by atomic mass is 9.73. The summed E-state index contributed by atoms with van der Waals surface area (Å²) in [6.45, 7) is 8.09. The molecule has 4 aliphatic rings. The third-order valence-corrected chi connectivity index (χ3v) is 11.1. The number of phenolic OH excluding ortho intramolecular Hbond substituents is 1. The van der Waals surface area contributed by atoms with Gasteiger partial charge in [-0.1, -0.05) is 67.9 Å². The summed E-state index contributed by atoms with van der Waals surface area (Å²) in [5.41, 5.74) is 3.09. The van der Waals surface area contributed by atoms with Crippen molar-refractivity contribution in [2.24, 2.45) is 5.41 Å². The Balaban J connectivity index is 1.20. The fourth-order valence-corrected chi connectivity index (χ4v) is 8.53. The van der Waals surface area contributed by atoms with E-state index in [0.717, 1.165) is 31.5 Å². The first-order valence-electron chi connectivity index (χ1n) is 18.2. The van der Waals surface area contributed by atoms with Gasteiger partial charge in [0.25, 0.3) is 0 Å². The summed E-state index contributed by atoms with van der Waals surface area (Å²) in [4.78, 5) is 48.3. The van der Waals surface area contributed by atoms with Crippen LogP contribution in [0.2, 0.25) is 5.02 Å². The molecule has 1 atom stereocenters. The van der Waals surface area contributed by atoms with Gasteiger partial charge in [0.1, 0.15) is 23.8 Å². The average molecular weight is 711 g/mol. The van der Waals surface area contributed by atoms with E-state index < -0.39 is 6.04 Å². The number of carbonyl (C=O) groups excluding carboxylic acids is 3. The zero-order valence-electron chi connectivity index (χ0n) is 29.5. The number of nitrogens with one attached hydrogen (secondary N) is 1. The Labute approximate surface area is 305 Å². The molecule has 3 heterocycles. The van der Waals surface area contributed by atoms with Gasteiger partial charge in [0, 0.05) is 54.7 Å². The highest BCUT2D eigenvalue weighted by Gasteiger charge is 2.44. The Morgan fingerprint density at radius 2 is 1.65 bits per heavy atom. The van der Waals surface area contributed by atoms with E-state index in [1.165, 1.54) is 12.8 Å². The fraction of sp³-hybridized carbons (Fsp3) is 0.439. The molecule has 0 spiro atoms. The number of piperidine rings is 1. The third kappa shape index (κ3) is 7.51. The third-order valence-electron chi connectivity index (χ3n) is 10.8. The van der Waals surface area contributed by atoms with E-state index in [9.17, 15) is 19.5 Å². The summed E-state index contributed by atoms with van der Waals surface area (Å²) < 4.78 is 6.07. The number of likely N-dealkylation sites (tertiary alicyclic amines) is 2. The van der Waals surface area contributed by atoms with Crippen molar-refractivity contribution >= 4 is 40.6 Å². The second-order valence-electron chi connectivity index (χ2n) is 15.1. The van der Waals surface area contributed by atoms with Gasteiger partial charge in [-0.15, -0.1) is 0 Å². The van der Waals surface area contributed by atoms with Crippen molar-refractivity contribution in [1.82, 2.24) is 9.80 Å². The normalized spacial score (nSPS) is 20.8. The number of anilines is 2. The number of halogens is 1. The zero-order valence-corrected chi connectivity index (χ0v) is 30.3. The monoisotopic (exact) mass is 710 g/mol. The van der Waals surface area contributed by atoms with Crippen molar-refractivity contribution in [3.05, 3.63) is 94.1 Å². The summed E-state index contributed by atoms with van der Waals surface area (Å²) in [5.74, 6) is 0.0419. The summed E-state index contributed by atoms with van der Waals surface area (Å²) in [6.07, 6.45) is 5.19. The van der Waals surface area contributed by atoms with Crippen LogP contribution in [0.3, 0.4) is 0 Å². The Morgan fingerprint density at radius 1 is 0.922 bits per heavy atom. The van der Waals surface area contributed by atoms with Gasteiger partial charge in [-0.25, -0.2) is 0 Å². The SMILES string of the molecule is CC1(C)CC(=O)C2=C(C1)Nc1c(O)cccc1N(C(=O)CCC(=O)N1CCC(N3CCCC3)CC1)C2c1ccc(OCc2ccccc2)cc1Cl.